The molecule has 1 heterocycles. The van der Waals surface area contributed by atoms with Crippen LogP contribution in [0.4, 0.5) is 0 Å². The van der Waals surface area contributed by atoms with Crippen LogP contribution in [0.1, 0.15) is 27.0 Å². The van der Waals surface area contributed by atoms with Gasteiger partial charge < -0.3 is 10.4 Å². The van der Waals surface area contributed by atoms with Crippen molar-refractivity contribution in [1.29, 1.82) is 0 Å². The van der Waals surface area contributed by atoms with Crippen molar-refractivity contribution >= 4 is 17.2 Å². The average Bonchev–Trinajstić information content (AvgIpc) is 2.96. The minimum Gasteiger partial charge on any atom is -0.394 e. The number of rotatable bonds is 6. The Morgan fingerprint density at radius 3 is 2.60 bits per heavy atom. The number of carbonyl (C=O) groups is 1. The van der Waals surface area contributed by atoms with Crippen LogP contribution in [0.5, 0.6) is 0 Å². The first-order valence-electron chi connectivity index (χ1n) is 6.77. The molecule has 0 spiro atoms. The van der Waals surface area contributed by atoms with E-state index in [4.69, 9.17) is 0 Å². The van der Waals surface area contributed by atoms with E-state index in [1.54, 1.807) is 0 Å². The zero-order valence-electron chi connectivity index (χ0n) is 11.5. The fourth-order valence-corrected chi connectivity index (χ4v) is 2.86. The van der Waals surface area contributed by atoms with Gasteiger partial charge in [0.15, 0.2) is 0 Å². The van der Waals surface area contributed by atoms with Gasteiger partial charge in [-0.1, -0.05) is 37.3 Å². The van der Waals surface area contributed by atoms with E-state index < -0.39 is 0 Å². The van der Waals surface area contributed by atoms with E-state index >= 15 is 0 Å². The highest BCUT2D eigenvalue weighted by molar-refractivity contribution is 7.14. The summed E-state index contributed by atoms with van der Waals surface area (Å²) in [5, 5.41) is 12.3. The van der Waals surface area contributed by atoms with Crippen LogP contribution in [0.25, 0.3) is 0 Å². The summed E-state index contributed by atoms with van der Waals surface area (Å²) < 4.78 is 0. The van der Waals surface area contributed by atoms with Gasteiger partial charge in [0.25, 0.3) is 5.91 Å². The van der Waals surface area contributed by atoms with Gasteiger partial charge in [0, 0.05) is 4.88 Å². The van der Waals surface area contributed by atoms with Gasteiger partial charge in [-0.3, -0.25) is 4.79 Å². The van der Waals surface area contributed by atoms with E-state index in [9.17, 15) is 9.90 Å². The summed E-state index contributed by atoms with van der Waals surface area (Å²) in [6.45, 7) is 2.01. The molecule has 1 aromatic carbocycles. The van der Waals surface area contributed by atoms with Crippen molar-refractivity contribution in [1.82, 2.24) is 5.32 Å². The average molecular weight is 289 g/mol. The Labute approximate surface area is 123 Å². The summed E-state index contributed by atoms with van der Waals surface area (Å²) in [6.07, 6.45) is 1.57. The van der Waals surface area contributed by atoms with Crippen molar-refractivity contribution in [2.24, 2.45) is 0 Å². The molecule has 1 atom stereocenters. The molecule has 1 amide bonds. The summed E-state index contributed by atoms with van der Waals surface area (Å²) in [5.74, 6) is -0.107. The molecule has 0 aliphatic carbocycles. The molecule has 2 rings (SSSR count). The van der Waals surface area contributed by atoms with E-state index in [0.717, 1.165) is 12.0 Å². The van der Waals surface area contributed by atoms with E-state index in [1.165, 1.54) is 16.2 Å². The molecule has 0 radical (unpaired) electrons. The van der Waals surface area contributed by atoms with E-state index in [1.807, 2.05) is 42.5 Å². The number of amides is 1. The molecule has 0 unspecified atom stereocenters. The van der Waals surface area contributed by atoms with Gasteiger partial charge in [0.05, 0.1) is 17.5 Å². The number of benzene rings is 1. The van der Waals surface area contributed by atoms with Crippen LogP contribution in [0, 0.1) is 0 Å². The molecule has 0 fully saturated rings. The number of aliphatic hydroxyl groups is 1. The number of hydrogen-bond acceptors (Lipinski definition) is 3. The maximum Gasteiger partial charge on any atom is 0.261 e. The fourth-order valence-electron chi connectivity index (χ4n) is 2.01. The predicted octanol–water partition coefficient (Wildman–Crippen LogP) is 2.64. The van der Waals surface area contributed by atoms with Crippen LogP contribution in [0.2, 0.25) is 0 Å². The second-order valence-electron chi connectivity index (χ2n) is 4.66. The lowest BCUT2D eigenvalue weighted by molar-refractivity contribution is 0.0920. The molecular weight excluding hydrogens is 270 g/mol. The van der Waals surface area contributed by atoms with Crippen molar-refractivity contribution in [3.8, 4) is 0 Å². The van der Waals surface area contributed by atoms with Crippen LogP contribution in [-0.4, -0.2) is 23.7 Å². The first-order chi connectivity index (χ1) is 9.72. The predicted molar refractivity (Wildman–Crippen MR) is 82.2 cm³/mol. The molecule has 20 heavy (non-hydrogen) atoms. The van der Waals surface area contributed by atoms with E-state index in [2.05, 4.69) is 12.2 Å². The molecule has 3 nitrogen and oxygen atoms in total. The minimum absolute atomic E-state index is 0.0629. The van der Waals surface area contributed by atoms with Crippen LogP contribution >= 0.6 is 11.3 Å². The Hall–Kier alpha value is -1.65. The van der Waals surface area contributed by atoms with Crippen LogP contribution in [0.3, 0.4) is 0 Å². The second kappa shape index (κ2) is 7.22. The van der Waals surface area contributed by atoms with E-state index in [-0.39, 0.29) is 18.6 Å². The quantitative estimate of drug-likeness (QED) is 0.859. The third-order valence-corrected chi connectivity index (χ3v) is 4.34. The summed E-state index contributed by atoms with van der Waals surface area (Å²) in [4.78, 5) is 14.0. The highest BCUT2D eigenvalue weighted by atomic mass is 32.1. The maximum absolute atomic E-state index is 12.1. The molecule has 0 aliphatic rings. The van der Waals surface area contributed by atoms with Gasteiger partial charge in [-0.05, 0) is 30.5 Å². The van der Waals surface area contributed by atoms with Gasteiger partial charge in [0.2, 0.25) is 0 Å². The monoisotopic (exact) mass is 289 g/mol. The molecule has 106 valence electrons. The largest absolute Gasteiger partial charge is 0.394 e. The molecule has 0 saturated heterocycles. The molecule has 2 N–H and O–H groups in total. The first-order valence-corrected chi connectivity index (χ1v) is 7.59. The number of aryl methyl sites for hydroxylation is 1. The number of aliphatic hydroxyl groups excluding tert-OH is 1. The van der Waals surface area contributed by atoms with Crippen LogP contribution in [-0.2, 0) is 12.8 Å². The Morgan fingerprint density at radius 2 is 2.00 bits per heavy atom. The number of nitrogens with one attached hydrogen (secondary N) is 1. The van der Waals surface area contributed by atoms with Gasteiger partial charge >= 0.3 is 0 Å². The van der Waals surface area contributed by atoms with Crippen molar-refractivity contribution in [3.63, 3.8) is 0 Å². The maximum atomic E-state index is 12.1. The fraction of sp³-hybridized carbons (Fsp3) is 0.312. The Bertz CT molecular complexity index is 551. The molecule has 0 bridgehead atoms. The molecule has 2 aromatic rings. The van der Waals surface area contributed by atoms with Crippen LogP contribution < -0.4 is 5.32 Å². The summed E-state index contributed by atoms with van der Waals surface area (Å²) in [7, 11) is 0. The van der Waals surface area contributed by atoms with Gasteiger partial charge in [-0.15, -0.1) is 11.3 Å². The highest BCUT2D eigenvalue weighted by Crippen LogP contribution is 2.17. The van der Waals surface area contributed by atoms with Gasteiger partial charge in [-0.2, -0.15) is 0 Å². The standard InChI is InChI=1S/C16H19NO2S/c1-2-14-8-9-15(20-14)16(19)17-13(11-18)10-12-6-4-3-5-7-12/h3-9,13,18H,2,10-11H2,1H3,(H,17,19)/t13-/m1/s1. The lowest BCUT2D eigenvalue weighted by Gasteiger charge is -2.15. The van der Waals surface area contributed by atoms with Crippen molar-refractivity contribution < 1.29 is 9.90 Å². The van der Waals surface area contributed by atoms with E-state index in [0.29, 0.717) is 11.3 Å². The van der Waals surface area contributed by atoms with Crippen LogP contribution in [0.15, 0.2) is 42.5 Å². The number of hydrogen-bond donors (Lipinski definition) is 2. The third kappa shape index (κ3) is 3.92. The van der Waals surface area contributed by atoms with Gasteiger partial charge in [-0.25, -0.2) is 0 Å². The smallest absolute Gasteiger partial charge is 0.261 e. The minimum atomic E-state index is -0.253. The van der Waals surface area contributed by atoms with Gasteiger partial charge in [0.1, 0.15) is 0 Å². The Balaban J connectivity index is 1.97. The SMILES string of the molecule is CCc1ccc(C(=O)N[C@@H](CO)Cc2ccccc2)s1. The molecular formula is C16H19NO2S. The first kappa shape index (κ1) is 14.8. The third-order valence-electron chi connectivity index (χ3n) is 3.11. The normalized spacial score (nSPS) is 12.1. The Morgan fingerprint density at radius 1 is 1.25 bits per heavy atom. The van der Waals surface area contributed by atoms with Crippen molar-refractivity contribution in [2.45, 2.75) is 25.8 Å². The lowest BCUT2D eigenvalue weighted by Crippen LogP contribution is -2.38. The van der Waals surface area contributed by atoms with Crippen molar-refractivity contribution in [2.75, 3.05) is 6.61 Å². The number of carbonyl (C=O) groups excluding carboxylic acids is 1. The topological polar surface area (TPSA) is 49.3 Å². The molecule has 4 heteroatoms. The lowest BCUT2D eigenvalue weighted by atomic mass is 10.1. The zero-order valence-corrected chi connectivity index (χ0v) is 12.3. The Kier molecular flexibility index (Phi) is 5.32. The highest BCUT2D eigenvalue weighted by Gasteiger charge is 2.15. The molecule has 0 aliphatic heterocycles. The zero-order chi connectivity index (χ0) is 14.4. The summed E-state index contributed by atoms with van der Waals surface area (Å²) in [6, 6.07) is 13.4. The number of thiophene rings is 1. The molecule has 1 aromatic heterocycles. The molecule has 0 saturated carbocycles. The summed E-state index contributed by atoms with van der Waals surface area (Å²) in [5.41, 5.74) is 1.10. The summed E-state index contributed by atoms with van der Waals surface area (Å²) >= 11 is 1.51. The van der Waals surface area contributed by atoms with Crippen molar-refractivity contribution in [3.05, 3.63) is 57.8 Å². The second-order valence-corrected chi connectivity index (χ2v) is 5.83.